The first-order valence-corrected chi connectivity index (χ1v) is 10.4. The van der Waals surface area contributed by atoms with Crippen LogP contribution in [0.15, 0.2) is 84.9 Å². The molecule has 0 radical (unpaired) electrons. The largest absolute Gasteiger partial charge is 0.490 e. The number of nitro benzene ring substituents is 1. The fourth-order valence-electron chi connectivity index (χ4n) is 2.69. The van der Waals surface area contributed by atoms with Crippen molar-refractivity contribution in [3.05, 3.63) is 101 Å². The molecule has 0 heterocycles. The normalized spacial score (nSPS) is 10.4. The maximum atomic E-state index is 12.1. The number of anilines is 1. The molecule has 0 atom stereocenters. The lowest BCUT2D eigenvalue weighted by molar-refractivity contribution is -0.384. The number of nitrogens with zero attached hydrogens (tertiary/aromatic N) is 1. The fraction of sp³-hybridized carbons (Fsp3) is 0.0833. The van der Waals surface area contributed by atoms with Crippen LogP contribution in [0.4, 0.5) is 11.4 Å². The molecule has 0 saturated heterocycles. The van der Waals surface area contributed by atoms with Gasteiger partial charge < -0.3 is 14.8 Å². The van der Waals surface area contributed by atoms with Crippen molar-refractivity contribution in [2.24, 2.45) is 0 Å². The number of non-ortho nitro benzene ring substituents is 1. The minimum absolute atomic E-state index is 0.0168. The molecule has 3 rings (SSSR count). The van der Waals surface area contributed by atoms with Crippen molar-refractivity contribution in [1.82, 2.24) is 5.32 Å². The van der Waals surface area contributed by atoms with Crippen molar-refractivity contribution >= 4 is 40.7 Å². The average Bonchev–Trinajstić information content (AvgIpc) is 2.81. The minimum atomic E-state index is -0.483. The van der Waals surface area contributed by atoms with Crippen molar-refractivity contribution in [2.75, 3.05) is 18.5 Å². The molecule has 3 aromatic rings. The molecule has 168 valence electrons. The molecular formula is C24H21N3O5S. The van der Waals surface area contributed by atoms with Gasteiger partial charge in [0.15, 0.2) is 5.11 Å². The predicted octanol–water partition coefficient (Wildman–Crippen LogP) is 4.58. The van der Waals surface area contributed by atoms with Crippen molar-refractivity contribution in [2.45, 2.75) is 0 Å². The Morgan fingerprint density at radius 1 is 0.939 bits per heavy atom. The summed E-state index contributed by atoms with van der Waals surface area (Å²) in [5.74, 6) is 0.973. The van der Waals surface area contributed by atoms with Crippen LogP contribution in [-0.2, 0) is 4.79 Å². The van der Waals surface area contributed by atoms with Crippen LogP contribution in [0.5, 0.6) is 11.5 Å². The molecule has 0 bridgehead atoms. The lowest BCUT2D eigenvalue weighted by Crippen LogP contribution is -2.32. The molecule has 0 fully saturated rings. The van der Waals surface area contributed by atoms with Crippen LogP contribution in [0.25, 0.3) is 6.08 Å². The number of carbonyl (C=O) groups is 1. The van der Waals surface area contributed by atoms with Crippen LogP contribution in [0.1, 0.15) is 5.56 Å². The summed E-state index contributed by atoms with van der Waals surface area (Å²) in [6.45, 7) is 0.768. The summed E-state index contributed by atoms with van der Waals surface area (Å²) in [7, 11) is 0. The van der Waals surface area contributed by atoms with Gasteiger partial charge in [-0.2, -0.15) is 0 Å². The maximum absolute atomic E-state index is 12.1. The van der Waals surface area contributed by atoms with E-state index in [9.17, 15) is 14.9 Å². The summed E-state index contributed by atoms with van der Waals surface area (Å²) in [5, 5.41) is 16.3. The Morgan fingerprint density at radius 3 is 2.30 bits per heavy atom. The Balaban J connectivity index is 1.43. The molecule has 0 unspecified atom stereocenters. The summed E-state index contributed by atoms with van der Waals surface area (Å²) < 4.78 is 11.3. The second kappa shape index (κ2) is 12.0. The predicted molar refractivity (Wildman–Crippen MR) is 130 cm³/mol. The van der Waals surface area contributed by atoms with Gasteiger partial charge in [0.2, 0.25) is 5.91 Å². The number of carbonyl (C=O) groups excluding carboxylic acids is 1. The molecule has 8 nitrogen and oxygen atoms in total. The Kier molecular flexibility index (Phi) is 8.49. The van der Waals surface area contributed by atoms with E-state index in [2.05, 4.69) is 10.6 Å². The SMILES string of the molecule is O=C(/C=C/c1ccc([N+](=O)[O-])cc1)NC(=S)Nc1cccc(OCCOc2ccccc2)c1. The summed E-state index contributed by atoms with van der Waals surface area (Å²) in [5.41, 5.74) is 1.29. The first kappa shape index (κ1) is 23.4. The number of hydrogen-bond acceptors (Lipinski definition) is 6. The Hall–Kier alpha value is -4.24. The third kappa shape index (κ3) is 8.08. The number of benzene rings is 3. The van der Waals surface area contributed by atoms with Crippen LogP contribution in [0, 0.1) is 10.1 Å². The highest BCUT2D eigenvalue weighted by Crippen LogP contribution is 2.17. The second-order valence-electron chi connectivity index (χ2n) is 6.66. The van der Waals surface area contributed by atoms with E-state index in [0.717, 1.165) is 5.75 Å². The Morgan fingerprint density at radius 2 is 1.61 bits per heavy atom. The lowest BCUT2D eigenvalue weighted by Gasteiger charge is -2.11. The average molecular weight is 464 g/mol. The number of ether oxygens (including phenoxy) is 2. The number of hydrogen-bond donors (Lipinski definition) is 2. The molecule has 2 N–H and O–H groups in total. The highest BCUT2D eigenvalue weighted by Gasteiger charge is 2.05. The van der Waals surface area contributed by atoms with Gasteiger partial charge in [0, 0.05) is 30.0 Å². The van der Waals surface area contributed by atoms with E-state index >= 15 is 0 Å². The third-order valence-corrected chi connectivity index (χ3v) is 4.43. The number of para-hydroxylation sites is 1. The number of thiocarbonyl (C=S) groups is 1. The van der Waals surface area contributed by atoms with E-state index in [1.165, 1.54) is 24.3 Å². The maximum Gasteiger partial charge on any atom is 0.269 e. The molecule has 0 aliphatic rings. The van der Waals surface area contributed by atoms with Gasteiger partial charge in [-0.25, -0.2) is 0 Å². The fourth-order valence-corrected chi connectivity index (χ4v) is 2.91. The smallest absolute Gasteiger partial charge is 0.269 e. The quantitative estimate of drug-likeness (QED) is 0.157. The molecule has 1 amide bonds. The minimum Gasteiger partial charge on any atom is -0.490 e. The monoisotopic (exact) mass is 463 g/mol. The molecular weight excluding hydrogens is 442 g/mol. The first-order valence-electron chi connectivity index (χ1n) is 9.95. The van der Waals surface area contributed by atoms with Crippen molar-refractivity contribution in [1.29, 1.82) is 0 Å². The highest BCUT2D eigenvalue weighted by molar-refractivity contribution is 7.80. The van der Waals surface area contributed by atoms with Crippen LogP contribution in [-0.4, -0.2) is 29.2 Å². The van der Waals surface area contributed by atoms with Gasteiger partial charge in [0.1, 0.15) is 24.7 Å². The van der Waals surface area contributed by atoms with E-state index in [-0.39, 0.29) is 10.8 Å². The summed E-state index contributed by atoms with van der Waals surface area (Å²) in [6.07, 6.45) is 2.83. The zero-order valence-electron chi connectivity index (χ0n) is 17.5. The van der Waals surface area contributed by atoms with Crippen LogP contribution < -0.4 is 20.1 Å². The van der Waals surface area contributed by atoms with Crippen LogP contribution in [0.3, 0.4) is 0 Å². The number of amides is 1. The standard InChI is InChI=1S/C24H21N3O5S/c28-23(14-11-18-9-12-20(13-10-18)27(29)30)26-24(33)25-19-5-4-8-22(17-19)32-16-15-31-21-6-2-1-3-7-21/h1-14,17H,15-16H2,(H2,25,26,28,33)/b14-11+. The van der Waals surface area contributed by atoms with Crippen molar-refractivity contribution < 1.29 is 19.2 Å². The van der Waals surface area contributed by atoms with Gasteiger partial charge in [-0.05, 0) is 60.3 Å². The first-order chi connectivity index (χ1) is 16.0. The number of nitrogens with one attached hydrogen (secondary N) is 2. The van der Waals surface area contributed by atoms with Gasteiger partial charge >= 0.3 is 0 Å². The zero-order chi connectivity index (χ0) is 23.5. The van der Waals surface area contributed by atoms with E-state index in [4.69, 9.17) is 21.7 Å². The molecule has 0 aliphatic carbocycles. The van der Waals surface area contributed by atoms with Crippen molar-refractivity contribution in [3.63, 3.8) is 0 Å². The molecule has 9 heteroatoms. The zero-order valence-corrected chi connectivity index (χ0v) is 18.3. The van der Waals surface area contributed by atoms with E-state index < -0.39 is 10.8 Å². The summed E-state index contributed by atoms with van der Waals surface area (Å²) in [6, 6.07) is 22.5. The van der Waals surface area contributed by atoms with Crippen molar-refractivity contribution in [3.8, 4) is 11.5 Å². The van der Waals surface area contributed by atoms with Crippen LogP contribution >= 0.6 is 12.2 Å². The van der Waals surface area contributed by atoms with Gasteiger partial charge in [-0.1, -0.05) is 24.3 Å². The molecule has 33 heavy (non-hydrogen) atoms. The molecule has 3 aromatic carbocycles. The number of rotatable bonds is 9. The molecule has 0 aliphatic heterocycles. The highest BCUT2D eigenvalue weighted by atomic mass is 32.1. The van der Waals surface area contributed by atoms with Crippen LogP contribution in [0.2, 0.25) is 0 Å². The van der Waals surface area contributed by atoms with E-state index in [0.29, 0.717) is 30.2 Å². The van der Waals surface area contributed by atoms with Gasteiger partial charge in [-0.15, -0.1) is 0 Å². The molecule has 0 spiro atoms. The second-order valence-corrected chi connectivity index (χ2v) is 7.07. The molecule has 0 aromatic heterocycles. The van der Waals surface area contributed by atoms with Gasteiger partial charge in [-0.3, -0.25) is 20.2 Å². The van der Waals surface area contributed by atoms with E-state index in [1.54, 1.807) is 30.3 Å². The van der Waals surface area contributed by atoms with Gasteiger partial charge in [0.05, 0.1) is 4.92 Å². The molecule has 0 saturated carbocycles. The summed E-state index contributed by atoms with van der Waals surface area (Å²) in [4.78, 5) is 22.3. The lowest BCUT2D eigenvalue weighted by atomic mass is 10.2. The Labute approximate surface area is 196 Å². The topological polar surface area (TPSA) is 103 Å². The van der Waals surface area contributed by atoms with Gasteiger partial charge in [0.25, 0.3) is 5.69 Å². The third-order valence-electron chi connectivity index (χ3n) is 4.22. The number of nitro groups is 1. The van der Waals surface area contributed by atoms with E-state index in [1.807, 2.05) is 36.4 Å². The Bertz CT molecular complexity index is 1130. The summed E-state index contributed by atoms with van der Waals surface area (Å²) >= 11 is 5.18.